The average Bonchev–Trinajstić information content (AvgIpc) is 2.54. The third-order valence-electron chi connectivity index (χ3n) is 3.85. The summed E-state index contributed by atoms with van der Waals surface area (Å²) in [5, 5.41) is 3.37. The first kappa shape index (κ1) is 11.2. The molecule has 0 aliphatic carbocycles. The van der Waals surface area contributed by atoms with Gasteiger partial charge in [-0.3, -0.25) is 4.90 Å². The van der Waals surface area contributed by atoms with E-state index in [9.17, 15) is 0 Å². The van der Waals surface area contributed by atoms with E-state index in [2.05, 4.69) is 41.0 Å². The zero-order valence-corrected chi connectivity index (χ0v) is 11.0. The van der Waals surface area contributed by atoms with Crippen molar-refractivity contribution in [3.63, 3.8) is 0 Å². The molecule has 2 saturated heterocycles. The Morgan fingerprint density at radius 2 is 2.06 bits per heavy atom. The normalized spacial score (nSPS) is 23.5. The van der Waals surface area contributed by atoms with Crippen LogP contribution in [0.1, 0.15) is 32.3 Å². The van der Waals surface area contributed by atoms with E-state index in [-0.39, 0.29) is 5.41 Å². The molecule has 4 nitrogen and oxygen atoms in total. The van der Waals surface area contributed by atoms with Crippen LogP contribution in [-0.2, 0) is 12.0 Å². The van der Waals surface area contributed by atoms with Crippen molar-refractivity contribution >= 4 is 0 Å². The van der Waals surface area contributed by atoms with Gasteiger partial charge in [0.1, 0.15) is 5.82 Å². The highest BCUT2D eigenvalue weighted by atomic mass is 15.3. The fourth-order valence-corrected chi connectivity index (χ4v) is 2.78. The topological polar surface area (TPSA) is 44.0 Å². The van der Waals surface area contributed by atoms with Crippen molar-refractivity contribution in [2.24, 2.45) is 5.41 Å². The first-order chi connectivity index (χ1) is 7.97. The van der Waals surface area contributed by atoms with Crippen LogP contribution >= 0.6 is 0 Å². The Morgan fingerprint density at radius 3 is 2.53 bits per heavy atom. The smallest absolute Gasteiger partial charge is 0.111 e. The Bertz CT molecular complexity index is 403. The zero-order valence-electron chi connectivity index (χ0n) is 11.0. The van der Waals surface area contributed by atoms with Crippen molar-refractivity contribution < 1.29 is 0 Å². The Labute approximate surface area is 103 Å². The van der Waals surface area contributed by atoms with Gasteiger partial charge in [-0.1, -0.05) is 20.8 Å². The van der Waals surface area contributed by atoms with E-state index >= 15 is 0 Å². The predicted octanol–water partition coefficient (Wildman–Crippen LogP) is 1.11. The summed E-state index contributed by atoms with van der Waals surface area (Å²) >= 11 is 0. The lowest BCUT2D eigenvalue weighted by atomic mass is 9.74. The minimum absolute atomic E-state index is 0.117. The molecular weight excluding hydrogens is 212 g/mol. The number of H-pyrrole nitrogens is 1. The van der Waals surface area contributed by atoms with Crippen molar-refractivity contribution in [2.75, 3.05) is 26.2 Å². The molecule has 17 heavy (non-hydrogen) atoms. The summed E-state index contributed by atoms with van der Waals surface area (Å²) in [6.45, 7) is 12.5. The zero-order chi connectivity index (χ0) is 12.1. The van der Waals surface area contributed by atoms with E-state index in [1.807, 2.05) is 6.20 Å². The highest BCUT2D eigenvalue weighted by Gasteiger charge is 2.47. The Kier molecular flexibility index (Phi) is 2.35. The minimum atomic E-state index is 0.117. The van der Waals surface area contributed by atoms with Crippen LogP contribution < -0.4 is 5.32 Å². The second-order valence-electron chi connectivity index (χ2n) is 6.76. The number of hydrogen-bond donors (Lipinski definition) is 2. The highest BCUT2D eigenvalue weighted by Crippen LogP contribution is 2.34. The SMILES string of the molecule is CC(C)(C)c1ncc(CN2CC3(CNC3)C2)[nH]1. The molecular formula is C13H22N4. The van der Waals surface area contributed by atoms with E-state index in [0.29, 0.717) is 5.41 Å². The van der Waals surface area contributed by atoms with E-state index in [1.54, 1.807) is 0 Å². The summed E-state index contributed by atoms with van der Waals surface area (Å²) in [4.78, 5) is 10.4. The third-order valence-corrected chi connectivity index (χ3v) is 3.85. The van der Waals surface area contributed by atoms with E-state index in [0.717, 1.165) is 12.4 Å². The van der Waals surface area contributed by atoms with Gasteiger partial charge >= 0.3 is 0 Å². The number of aromatic amines is 1. The molecule has 3 rings (SSSR count). The lowest BCUT2D eigenvalue weighted by Gasteiger charge is -2.56. The summed E-state index contributed by atoms with van der Waals surface area (Å²) in [6, 6.07) is 0. The number of aromatic nitrogens is 2. The van der Waals surface area contributed by atoms with Gasteiger partial charge in [-0.25, -0.2) is 4.98 Å². The van der Waals surface area contributed by atoms with Crippen LogP contribution in [0.4, 0.5) is 0 Å². The van der Waals surface area contributed by atoms with Crippen molar-refractivity contribution in [1.29, 1.82) is 0 Å². The van der Waals surface area contributed by atoms with E-state index in [1.165, 1.54) is 31.9 Å². The predicted molar refractivity (Wildman–Crippen MR) is 67.9 cm³/mol. The van der Waals surface area contributed by atoms with Crippen molar-refractivity contribution in [2.45, 2.75) is 32.7 Å². The molecule has 0 radical (unpaired) electrons. The molecule has 3 heterocycles. The monoisotopic (exact) mass is 234 g/mol. The molecule has 1 aromatic rings. The number of nitrogens with zero attached hydrogens (tertiary/aromatic N) is 2. The number of hydrogen-bond acceptors (Lipinski definition) is 3. The molecule has 0 amide bonds. The molecule has 0 aromatic carbocycles. The maximum Gasteiger partial charge on any atom is 0.111 e. The lowest BCUT2D eigenvalue weighted by Crippen LogP contribution is -2.70. The van der Waals surface area contributed by atoms with Crippen molar-refractivity contribution in [3.05, 3.63) is 17.7 Å². The van der Waals surface area contributed by atoms with E-state index in [4.69, 9.17) is 0 Å². The Hall–Kier alpha value is -0.870. The van der Waals surface area contributed by atoms with E-state index < -0.39 is 0 Å². The van der Waals surface area contributed by atoms with Crippen LogP contribution in [0.5, 0.6) is 0 Å². The molecule has 2 aliphatic heterocycles. The van der Waals surface area contributed by atoms with Gasteiger partial charge in [0.15, 0.2) is 0 Å². The molecule has 4 heteroatoms. The number of likely N-dealkylation sites (tertiary alicyclic amines) is 1. The van der Waals surface area contributed by atoms with Crippen molar-refractivity contribution in [1.82, 2.24) is 20.2 Å². The van der Waals surface area contributed by atoms with Gasteiger partial charge in [0.25, 0.3) is 0 Å². The van der Waals surface area contributed by atoms with Gasteiger partial charge in [-0.2, -0.15) is 0 Å². The summed E-state index contributed by atoms with van der Waals surface area (Å²) in [7, 11) is 0. The Morgan fingerprint density at radius 1 is 1.35 bits per heavy atom. The average molecular weight is 234 g/mol. The van der Waals surface area contributed by atoms with Gasteiger partial charge in [0.2, 0.25) is 0 Å². The maximum atomic E-state index is 4.47. The molecule has 0 bridgehead atoms. The molecule has 2 fully saturated rings. The molecule has 2 aliphatic rings. The number of rotatable bonds is 2. The summed E-state index contributed by atoms with van der Waals surface area (Å²) in [6.07, 6.45) is 1.99. The summed E-state index contributed by atoms with van der Waals surface area (Å²) < 4.78 is 0. The fourth-order valence-electron chi connectivity index (χ4n) is 2.78. The summed E-state index contributed by atoms with van der Waals surface area (Å²) in [5.74, 6) is 1.09. The van der Waals surface area contributed by atoms with Crippen LogP contribution in [0.25, 0.3) is 0 Å². The van der Waals surface area contributed by atoms with Gasteiger partial charge < -0.3 is 10.3 Å². The minimum Gasteiger partial charge on any atom is -0.344 e. The quantitative estimate of drug-likeness (QED) is 0.806. The van der Waals surface area contributed by atoms with Crippen LogP contribution in [0.3, 0.4) is 0 Å². The van der Waals surface area contributed by atoms with Crippen molar-refractivity contribution in [3.8, 4) is 0 Å². The van der Waals surface area contributed by atoms with Crippen LogP contribution in [0.15, 0.2) is 6.20 Å². The van der Waals surface area contributed by atoms with Gasteiger partial charge in [0, 0.05) is 55.4 Å². The lowest BCUT2D eigenvalue weighted by molar-refractivity contribution is -0.0450. The second-order valence-corrected chi connectivity index (χ2v) is 6.76. The first-order valence-corrected chi connectivity index (χ1v) is 6.44. The fraction of sp³-hybridized carbons (Fsp3) is 0.769. The van der Waals surface area contributed by atoms with Crippen LogP contribution in [-0.4, -0.2) is 41.0 Å². The van der Waals surface area contributed by atoms with Crippen LogP contribution in [0, 0.1) is 5.41 Å². The highest BCUT2D eigenvalue weighted by molar-refractivity contribution is 5.11. The molecule has 94 valence electrons. The molecule has 0 atom stereocenters. The maximum absolute atomic E-state index is 4.47. The third kappa shape index (κ3) is 2.00. The number of nitrogens with one attached hydrogen (secondary N) is 2. The number of imidazole rings is 1. The molecule has 0 unspecified atom stereocenters. The standard InChI is InChI=1S/C13H22N4/c1-12(2,3)11-15-4-10(16-11)5-17-8-13(9-17)6-14-7-13/h4,14H,5-9H2,1-3H3,(H,15,16). The van der Waals surface area contributed by atoms with Gasteiger partial charge in [0.05, 0.1) is 0 Å². The first-order valence-electron chi connectivity index (χ1n) is 6.44. The largest absolute Gasteiger partial charge is 0.344 e. The van der Waals surface area contributed by atoms with Gasteiger partial charge in [-0.15, -0.1) is 0 Å². The van der Waals surface area contributed by atoms with Crippen LogP contribution in [0.2, 0.25) is 0 Å². The molecule has 2 N–H and O–H groups in total. The molecule has 1 spiro atoms. The van der Waals surface area contributed by atoms with Gasteiger partial charge in [-0.05, 0) is 0 Å². The molecule has 1 aromatic heterocycles. The summed E-state index contributed by atoms with van der Waals surface area (Å²) in [5.41, 5.74) is 1.98. The second kappa shape index (κ2) is 3.56. The Balaban J connectivity index is 1.57. The molecule has 0 saturated carbocycles.